The first kappa shape index (κ1) is 19.9. The van der Waals surface area contributed by atoms with Crippen molar-refractivity contribution in [3.63, 3.8) is 0 Å². The minimum atomic E-state index is -0.0208. The second-order valence-electron chi connectivity index (χ2n) is 7.31. The number of Topliss-reactive ketones (excluding diaryl/α,β-unsaturated/α-hetero) is 1. The van der Waals surface area contributed by atoms with E-state index in [2.05, 4.69) is 16.9 Å². The molecule has 0 aliphatic carbocycles. The Bertz CT molecular complexity index is 890. The lowest BCUT2D eigenvalue weighted by atomic mass is 10.1. The Labute approximate surface area is 165 Å². The van der Waals surface area contributed by atoms with Crippen LogP contribution in [0.15, 0.2) is 24.3 Å². The van der Waals surface area contributed by atoms with E-state index in [4.69, 9.17) is 4.74 Å². The number of carbonyl (C=O) groups is 2. The van der Waals surface area contributed by atoms with Gasteiger partial charge in [-0.1, -0.05) is 12.1 Å². The van der Waals surface area contributed by atoms with Crippen molar-refractivity contribution >= 4 is 17.4 Å². The van der Waals surface area contributed by atoms with Crippen molar-refractivity contribution in [3.8, 4) is 5.75 Å². The summed E-state index contributed by atoms with van der Waals surface area (Å²) >= 11 is 0. The van der Waals surface area contributed by atoms with Crippen molar-refractivity contribution in [1.29, 1.82) is 0 Å². The van der Waals surface area contributed by atoms with Crippen LogP contribution in [-0.2, 0) is 11.3 Å². The summed E-state index contributed by atoms with van der Waals surface area (Å²) in [6, 6.07) is 8.01. The Kier molecular flexibility index (Phi) is 5.72. The predicted octanol–water partition coefficient (Wildman–Crippen LogP) is 2.45. The van der Waals surface area contributed by atoms with E-state index in [-0.39, 0.29) is 24.3 Å². The second kappa shape index (κ2) is 8.04. The van der Waals surface area contributed by atoms with Crippen molar-refractivity contribution in [2.24, 2.45) is 0 Å². The average Bonchev–Trinajstić information content (AvgIpc) is 2.94. The van der Waals surface area contributed by atoms with E-state index in [1.54, 1.807) is 18.7 Å². The summed E-state index contributed by atoms with van der Waals surface area (Å²) < 4.78 is 7.12. The minimum absolute atomic E-state index is 0.0208. The number of benzene rings is 1. The molecule has 0 saturated carbocycles. The highest BCUT2D eigenvalue weighted by Gasteiger charge is 2.29. The van der Waals surface area contributed by atoms with E-state index >= 15 is 0 Å². The van der Waals surface area contributed by atoms with E-state index in [1.807, 2.05) is 36.1 Å². The number of nitrogens with zero attached hydrogens (tertiary/aromatic N) is 4. The highest BCUT2D eigenvalue weighted by molar-refractivity contribution is 5.96. The van der Waals surface area contributed by atoms with E-state index in [0.29, 0.717) is 17.8 Å². The zero-order valence-corrected chi connectivity index (χ0v) is 17.2. The maximum absolute atomic E-state index is 12.9. The number of methoxy groups -OCH3 is 1. The normalized spacial score (nSPS) is 17.0. The first-order valence-corrected chi connectivity index (χ1v) is 9.55. The fraction of sp³-hybridized carbons (Fsp3) is 0.476. The third-order valence-electron chi connectivity index (χ3n) is 5.39. The van der Waals surface area contributed by atoms with Crippen molar-refractivity contribution in [1.82, 2.24) is 14.7 Å². The predicted molar refractivity (Wildman–Crippen MR) is 108 cm³/mol. The average molecular weight is 384 g/mol. The molecule has 28 heavy (non-hydrogen) atoms. The Morgan fingerprint density at radius 3 is 2.54 bits per heavy atom. The van der Waals surface area contributed by atoms with Crippen molar-refractivity contribution < 1.29 is 14.3 Å². The van der Waals surface area contributed by atoms with Crippen LogP contribution in [0, 0.1) is 13.8 Å². The molecule has 0 spiro atoms. The molecule has 1 amide bonds. The zero-order chi connectivity index (χ0) is 20.4. The number of ether oxygens (including phenoxy) is 1. The molecule has 1 aliphatic heterocycles. The number of rotatable bonds is 5. The van der Waals surface area contributed by atoms with Gasteiger partial charge in [-0.15, -0.1) is 0 Å². The first-order chi connectivity index (χ1) is 13.3. The Hall–Kier alpha value is -2.83. The molecule has 1 fully saturated rings. The van der Waals surface area contributed by atoms with Gasteiger partial charge in [0.2, 0.25) is 5.91 Å². The Morgan fingerprint density at radius 1 is 1.21 bits per heavy atom. The number of ketones is 1. The third kappa shape index (κ3) is 3.74. The van der Waals surface area contributed by atoms with Crippen LogP contribution in [0.25, 0.3) is 0 Å². The molecule has 1 aliphatic rings. The molecular formula is C21H28N4O3. The minimum Gasteiger partial charge on any atom is -0.495 e. The molecule has 0 N–H and O–H groups in total. The summed E-state index contributed by atoms with van der Waals surface area (Å²) in [6.07, 6.45) is 0. The number of piperazine rings is 1. The van der Waals surface area contributed by atoms with Gasteiger partial charge in [0, 0.05) is 31.4 Å². The van der Waals surface area contributed by atoms with Crippen LogP contribution >= 0.6 is 0 Å². The smallest absolute Gasteiger partial charge is 0.244 e. The standard InChI is InChI=1S/C21H28N4O3/c1-14-12-23(18-8-6-7-9-19(18)28-5)10-11-24(14)20(27)13-25-16(3)21(17(4)26)15(2)22-25/h6-9,14H,10-13H2,1-5H3. The number of para-hydroxylation sites is 2. The number of hydrogen-bond donors (Lipinski definition) is 0. The number of anilines is 1. The van der Waals surface area contributed by atoms with Crippen molar-refractivity contribution in [2.45, 2.75) is 40.3 Å². The van der Waals surface area contributed by atoms with Gasteiger partial charge >= 0.3 is 0 Å². The summed E-state index contributed by atoms with van der Waals surface area (Å²) in [6.45, 7) is 9.50. The van der Waals surface area contributed by atoms with E-state index in [0.717, 1.165) is 30.2 Å². The number of aromatic nitrogens is 2. The van der Waals surface area contributed by atoms with Crippen LogP contribution in [0.5, 0.6) is 5.75 Å². The largest absolute Gasteiger partial charge is 0.495 e. The van der Waals surface area contributed by atoms with Gasteiger partial charge in [-0.2, -0.15) is 5.10 Å². The van der Waals surface area contributed by atoms with Gasteiger partial charge in [-0.25, -0.2) is 0 Å². The molecule has 0 radical (unpaired) electrons. The molecule has 1 aromatic heterocycles. The quantitative estimate of drug-likeness (QED) is 0.741. The van der Waals surface area contributed by atoms with Crippen LogP contribution in [0.3, 0.4) is 0 Å². The summed E-state index contributed by atoms with van der Waals surface area (Å²) in [5, 5.41) is 4.40. The topological polar surface area (TPSA) is 67.7 Å². The van der Waals surface area contributed by atoms with Crippen LogP contribution in [0.4, 0.5) is 5.69 Å². The fourth-order valence-electron chi connectivity index (χ4n) is 4.02. The van der Waals surface area contributed by atoms with Gasteiger partial charge in [0.1, 0.15) is 12.3 Å². The van der Waals surface area contributed by atoms with E-state index < -0.39 is 0 Å². The molecule has 1 unspecified atom stereocenters. The molecule has 1 aromatic carbocycles. The number of amides is 1. The van der Waals surface area contributed by atoms with Crippen LogP contribution < -0.4 is 9.64 Å². The third-order valence-corrected chi connectivity index (χ3v) is 5.39. The van der Waals surface area contributed by atoms with Crippen LogP contribution in [0.2, 0.25) is 0 Å². The summed E-state index contributed by atoms with van der Waals surface area (Å²) in [5.74, 6) is 0.842. The van der Waals surface area contributed by atoms with Crippen molar-refractivity contribution in [3.05, 3.63) is 41.2 Å². The maximum Gasteiger partial charge on any atom is 0.244 e. The number of carbonyl (C=O) groups excluding carboxylic acids is 2. The highest BCUT2D eigenvalue weighted by atomic mass is 16.5. The number of hydrogen-bond acceptors (Lipinski definition) is 5. The monoisotopic (exact) mass is 384 g/mol. The maximum atomic E-state index is 12.9. The molecule has 150 valence electrons. The van der Waals surface area contributed by atoms with Crippen LogP contribution in [-0.4, -0.2) is 59.2 Å². The SMILES string of the molecule is COc1ccccc1N1CCN(C(=O)Cn2nc(C)c(C(C)=O)c2C)C(C)C1. The van der Waals surface area contributed by atoms with E-state index in [1.165, 1.54) is 6.92 Å². The molecule has 7 heteroatoms. The van der Waals surface area contributed by atoms with Crippen LogP contribution in [0.1, 0.15) is 35.6 Å². The summed E-state index contributed by atoms with van der Waals surface area (Å²) in [5.41, 5.74) is 3.08. The Balaban J connectivity index is 1.70. The van der Waals surface area contributed by atoms with Gasteiger partial charge in [0.15, 0.2) is 5.78 Å². The van der Waals surface area contributed by atoms with E-state index in [9.17, 15) is 9.59 Å². The first-order valence-electron chi connectivity index (χ1n) is 9.55. The Morgan fingerprint density at radius 2 is 1.93 bits per heavy atom. The summed E-state index contributed by atoms with van der Waals surface area (Å²) in [7, 11) is 1.67. The van der Waals surface area contributed by atoms with Gasteiger partial charge < -0.3 is 14.5 Å². The van der Waals surface area contributed by atoms with Gasteiger partial charge in [-0.3, -0.25) is 14.3 Å². The molecule has 2 heterocycles. The van der Waals surface area contributed by atoms with Gasteiger partial charge in [-0.05, 0) is 39.8 Å². The molecular weight excluding hydrogens is 356 g/mol. The molecule has 2 aromatic rings. The molecule has 1 saturated heterocycles. The van der Waals surface area contributed by atoms with Gasteiger partial charge in [0.25, 0.3) is 0 Å². The zero-order valence-electron chi connectivity index (χ0n) is 17.2. The molecule has 3 rings (SSSR count). The fourth-order valence-corrected chi connectivity index (χ4v) is 4.02. The molecule has 0 bridgehead atoms. The highest BCUT2D eigenvalue weighted by Crippen LogP contribution is 2.29. The van der Waals surface area contributed by atoms with Gasteiger partial charge in [0.05, 0.1) is 24.1 Å². The molecule has 7 nitrogen and oxygen atoms in total. The molecule has 1 atom stereocenters. The number of aryl methyl sites for hydroxylation is 1. The van der Waals surface area contributed by atoms with Crippen molar-refractivity contribution in [2.75, 3.05) is 31.6 Å². The second-order valence-corrected chi connectivity index (χ2v) is 7.31. The lowest BCUT2D eigenvalue weighted by molar-refractivity contribution is -0.134. The summed E-state index contributed by atoms with van der Waals surface area (Å²) in [4.78, 5) is 28.9. The lowest BCUT2D eigenvalue weighted by Crippen LogP contribution is -2.55. The lowest BCUT2D eigenvalue weighted by Gasteiger charge is -2.41.